The third-order valence-electron chi connectivity index (χ3n) is 1.83. The molecule has 1 unspecified atom stereocenters. The number of Topliss-reactive ketones (excluding diaryl/α,β-unsaturated/α-hetero) is 1. The molecule has 0 heterocycles. The number of carbonyl (C=O) groups is 1. The Hall–Kier alpha value is -0.370. The second-order valence-corrected chi connectivity index (χ2v) is 5.58. The van der Waals surface area contributed by atoms with Gasteiger partial charge in [0.15, 0.2) is 5.78 Å². The SMILES string of the molecule is CC(C)CC(=O)C(C)OCC(C)(C)C. The molecule has 0 aromatic heterocycles. The molecule has 0 radical (unpaired) electrons. The number of carbonyl (C=O) groups excluding carboxylic acids is 1. The van der Waals surface area contributed by atoms with E-state index in [0.29, 0.717) is 18.9 Å². The molecule has 14 heavy (non-hydrogen) atoms. The van der Waals surface area contributed by atoms with Gasteiger partial charge in [-0.05, 0) is 18.3 Å². The van der Waals surface area contributed by atoms with Gasteiger partial charge in [0.1, 0.15) is 6.10 Å². The molecule has 0 amide bonds. The van der Waals surface area contributed by atoms with Crippen LogP contribution in [-0.4, -0.2) is 18.5 Å². The normalized spacial score (nSPS) is 14.5. The summed E-state index contributed by atoms with van der Waals surface area (Å²) in [5.41, 5.74) is 0.131. The quantitative estimate of drug-likeness (QED) is 0.682. The predicted octanol–water partition coefficient (Wildman–Crippen LogP) is 3.05. The largest absolute Gasteiger partial charge is 0.370 e. The molecule has 0 aromatic carbocycles. The van der Waals surface area contributed by atoms with Crippen LogP contribution in [0.5, 0.6) is 0 Å². The Labute approximate surface area is 88.0 Å². The summed E-state index contributed by atoms with van der Waals surface area (Å²) < 4.78 is 5.52. The van der Waals surface area contributed by atoms with Crippen molar-refractivity contribution in [2.24, 2.45) is 11.3 Å². The number of hydrogen-bond acceptors (Lipinski definition) is 2. The summed E-state index contributed by atoms with van der Waals surface area (Å²) in [5, 5.41) is 0. The van der Waals surface area contributed by atoms with Gasteiger partial charge in [-0.15, -0.1) is 0 Å². The zero-order chi connectivity index (χ0) is 11.4. The van der Waals surface area contributed by atoms with E-state index < -0.39 is 0 Å². The Bertz CT molecular complexity index is 177. The zero-order valence-corrected chi connectivity index (χ0v) is 10.4. The molecule has 2 nitrogen and oxygen atoms in total. The first kappa shape index (κ1) is 13.6. The first-order chi connectivity index (χ1) is 6.22. The molecule has 0 N–H and O–H groups in total. The van der Waals surface area contributed by atoms with Crippen LogP contribution in [0.15, 0.2) is 0 Å². The minimum atomic E-state index is -0.253. The molecule has 84 valence electrons. The Morgan fingerprint density at radius 3 is 2.07 bits per heavy atom. The molecule has 0 saturated carbocycles. The van der Waals surface area contributed by atoms with E-state index >= 15 is 0 Å². The average molecular weight is 200 g/mol. The molecule has 0 aliphatic rings. The summed E-state index contributed by atoms with van der Waals surface area (Å²) in [7, 11) is 0. The van der Waals surface area contributed by atoms with Gasteiger partial charge >= 0.3 is 0 Å². The van der Waals surface area contributed by atoms with Crippen LogP contribution >= 0.6 is 0 Å². The highest BCUT2D eigenvalue weighted by atomic mass is 16.5. The van der Waals surface area contributed by atoms with E-state index in [9.17, 15) is 4.79 Å². The molecule has 0 bridgehead atoms. The van der Waals surface area contributed by atoms with Crippen LogP contribution in [0, 0.1) is 11.3 Å². The van der Waals surface area contributed by atoms with Crippen LogP contribution in [-0.2, 0) is 9.53 Å². The van der Waals surface area contributed by atoms with Crippen LogP contribution in [0.2, 0.25) is 0 Å². The summed E-state index contributed by atoms with van der Waals surface area (Å²) in [6.45, 7) is 12.9. The number of hydrogen-bond donors (Lipinski definition) is 0. The van der Waals surface area contributed by atoms with Crippen LogP contribution < -0.4 is 0 Å². The summed E-state index contributed by atoms with van der Waals surface area (Å²) in [5.74, 6) is 0.632. The molecular formula is C12H24O2. The van der Waals surface area contributed by atoms with E-state index in [4.69, 9.17) is 4.74 Å². The fourth-order valence-electron chi connectivity index (χ4n) is 1.04. The van der Waals surface area contributed by atoms with Crippen molar-refractivity contribution in [1.29, 1.82) is 0 Å². The Morgan fingerprint density at radius 2 is 1.71 bits per heavy atom. The third-order valence-corrected chi connectivity index (χ3v) is 1.83. The molecule has 0 aromatic rings. The highest BCUT2D eigenvalue weighted by Gasteiger charge is 2.18. The van der Waals surface area contributed by atoms with E-state index in [1.807, 2.05) is 20.8 Å². The molecule has 2 heteroatoms. The van der Waals surface area contributed by atoms with Crippen LogP contribution in [0.1, 0.15) is 48.0 Å². The molecule has 0 fully saturated rings. The van der Waals surface area contributed by atoms with Crippen molar-refractivity contribution in [3.05, 3.63) is 0 Å². The molecule has 0 aliphatic carbocycles. The van der Waals surface area contributed by atoms with Crippen molar-refractivity contribution in [1.82, 2.24) is 0 Å². The topological polar surface area (TPSA) is 26.3 Å². The first-order valence-electron chi connectivity index (χ1n) is 5.36. The van der Waals surface area contributed by atoms with Crippen LogP contribution in [0.3, 0.4) is 0 Å². The number of ether oxygens (including phenoxy) is 1. The third kappa shape index (κ3) is 7.07. The fraction of sp³-hybridized carbons (Fsp3) is 0.917. The van der Waals surface area contributed by atoms with Gasteiger partial charge in [-0.1, -0.05) is 34.6 Å². The average Bonchev–Trinajstić information content (AvgIpc) is 1.97. The lowest BCUT2D eigenvalue weighted by Crippen LogP contribution is -2.26. The second-order valence-electron chi connectivity index (χ2n) is 5.58. The van der Waals surface area contributed by atoms with Crippen molar-refractivity contribution < 1.29 is 9.53 Å². The minimum Gasteiger partial charge on any atom is -0.370 e. The van der Waals surface area contributed by atoms with Gasteiger partial charge in [0.25, 0.3) is 0 Å². The molecule has 1 atom stereocenters. The lowest BCUT2D eigenvalue weighted by Gasteiger charge is -2.21. The molecule has 0 spiro atoms. The maximum Gasteiger partial charge on any atom is 0.161 e. The lowest BCUT2D eigenvalue weighted by molar-refractivity contribution is -0.131. The molecule has 0 aliphatic heterocycles. The Morgan fingerprint density at radius 1 is 1.21 bits per heavy atom. The lowest BCUT2D eigenvalue weighted by atomic mass is 9.98. The van der Waals surface area contributed by atoms with E-state index in [1.54, 1.807) is 0 Å². The highest BCUT2D eigenvalue weighted by Crippen LogP contribution is 2.15. The van der Waals surface area contributed by atoms with Crippen LogP contribution in [0.25, 0.3) is 0 Å². The van der Waals surface area contributed by atoms with Gasteiger partial charge in [-0.3, -0.25) is 4.79 Å². The smallest absolute Gasteiger partial charge is 0.161 e. The summed E-state index contributed by atoms with van der Waals surface area (Å²) in [6, 6.07) is 0. The standard InChI is InChI=1S/C12H24O2/c1-9(2)7-11(13)10(3)14-8-12(4,5)6/h9-10H,7-8H2,1-6H3. The molecule has 0 rings (SSSR count). The van der Waals surface area contributed by atoms with Gasteiger partial charge in [0.2, 0.25) is 0 Å². The van der Waals surface area contributed by atoms with E-state index in [-0.39, 0.29) is 17.3 Å². The summed E-state index contributed by atoms with van der Waals surface area (Å²) >= 11 is 0. The molecular weight excluding hydrogens is 176 g/mol. The zero-order valence-electron chi connectivity index (χ0n) is 10.4. The number of ketones is 1. The monoisotopic (exact) mass is 200 g/mol. The summed E-state index contributed by atoms with van der Waals surface area (Å²) in [4.78, 5) is 11.5. The highest BCUT2D eigenvalue weighted by molar-refractivity contribution is 5.82. The second kappa shape index (κ2) is 5.50. The Kier molecular flexibility index (Phi) is 5.35. The first-order valence-corrected chi connectivity index (χ1v) is 5.36. The van der Waals surface area contributed by atoms with Crippen molar-refractivity contribution in [3.8, 4) is 0 Å². The number of rotatable bonds is 5. The summed E-state index contributed by atoms with van der Waals surface area (Å²) in [6.07, 6.45) is 0.363. The van der Waals surface area contributed by atoms with Gasteiger partial charge in [0.05, 0.1) is 6.61 Å². The molecule has 0 saturated heterocycles. The predicted molar refractivity (Wildman–Crippen MR) is 59.3 cm³/mol. The fourth-order valence-corrected chi connectivity index (χ4v) is 1.04. The van der Waals surface area contributed by atoms with E-state index in [1.165, 1.54) is 0 Å². The maximum atomic E-state index is 11.5. The van der Waals surface area contributed by atoms with Crippen molar-refractivity contribution in [3.63, 3.8) is 0 Å². The minimum absolute atomic E-state index is 0.131. The van der Waals surface area contributed by atoms with Gasteiger partial charge in [-0.2, -0.15) is 0 Å². The van der Waals surface area contributed by atoms with Crippen molar-refractivity contribution in [2.45, 2.75) is 54.1 Å². The maximum absolute atomic E-state index is 11.5. The van der Waals surface area contributed by atoms with E-state index in [0.717, 1.165) is 0 Å². The van der Waals surface area contributed by atoms with Crippen LogP contribution in [0.4, 0.5) is 0 Å². The van der Waals surface area contributed by atoms with Crippen molar-refractivity contribution >= 4 is 5.78 Å². The van der Waals surface area contributed by atoms with Gasteiger partial charge in [-0.25, -0.2) is 0 Å². The Balaban J connectivity index is 3.85. The van der Waals surface area contributed by atoms with E-state index in [2.05, 4.69) is 20.8 Å². The van der Waals surface area contributed by atoms with Gasteiger partial charge < -0.3 is 4.74 Å². The van der Waals surface area contributed by atoms with Gasteiger partial charge in [0, 0.05) is 6.42 Å². The van der Waals surface area contributed by atoms with Crippen molar-refractivity contribution in [2.75, 3.05) is 6.61 Å².